The van der Waals surface area contributed by atoms with E-state index < -0.39 is 11.2 Å². The van der Waals surface area contributed by atoms with Crippen molar-refractivity contribution in [2.45, 2.75) is 20.3 Å². The number of hydrogen-bond acceptors (Lipinski definition) is 5. The van der Waals surface area contributed by atoms with Crippen LogP contribution in [0.5, 0.6) is 0 Å². The van der Waals surface area contributed by atoms with Crippen LogP contribution in [-0.2, 0) is 14.1 Å². The Kier molecular flexibility index (Phi) is 4.28. The largest absolute Gasteiger partial charge is 0.364 e. The van der Waals surface area contributed by atoms with Crippen LogP contribution in [0, 0.1) is 5.41 Å². The summed E-state index contributed by atoms with van der Waals surface area (Å²) in [7, 11) is 2.94. The minimum Gasteiger partial charge on any atom is -0.364 e. The van der Waals surface area contributed by atoms with Crippen molar-refractivity contribution in [1.82, 2.24) is 14.3 Å². The fourth-order valence-electron chi connectivity index (χ4n) is 1.61. The quantitative estimate of drug-likeness (QED) is 0.723. The Labute approximate surface area is 106 Å². The van der Waals surface area contributed by atoms with E-state index in [4.69, 9.17) is 5.73 Å². The molecule has 0 aliphatic heterocycles. The summed E-state index contributed by atoms with van der Waals surface area (Å²) in [5, 5.41) is 6.91. The third-order valence-electron chi connectivity index (χ3n) is 2.88. The van der Waals surface area contributed by atoms with Gasteiger partial charge in [0.25, 0.3) is 5.56 Å². The van der Waals surface area contributed by atoms with E-state index >= 15 is 0 Å². The molecule has 7 heteroatoms. The van der Waals surface area contributed by atoms with Gasteiger partial charge in [0.15, 0.2) is 0 Å². The SMILES string of the molecule is Cn1nc(NCC(C)(C)CCN)c(=O)n(C)c1=O. The van der Waals surface area contributed by atoms with E-state index in [0.717, 1.165) is 15.7 Å². The van der Waals surface area contributed by atoms with Crippen LogP contribution in [0.4, 0.5) is 5.82 Å². The Morgan fingerprint density at radius 2 is 1.94 bits per heavy atom. The molecule has 7 nitrogen and oxygen atoms in total. The van der Waals surface area contributed by atoms with E-state index in [1.807, 2.05) is 0 Å². The Morgan fingerprint density at radius 1 is 1.33 bits per heavy atom. The standard InChI is InChI=1S/C11H21N5O2/c1-11(2,5-6-12)7-13-8-9(17)15(3)10(18)16(4)14-8/h5-7,12H2,1-4H3,(H,13,14). The summed E-state index contributed by atoms with van der Waals surface area (Å²) >= 11 is 0. The maximum Gasteiger partial charge on any atom is 0.346 e. The number of nitrogens with zero attached hydrogens (tertiary/aromatic N) is 3. The minimum absolute atomic E-state index is 0.0316. The molecule has 0 atom stereocenters. The monoisotopic (exact) mass is 255 g/mol. The lowest BCUT2D eigenvalue weighted by Gasteiger charge is -2.24. The number of hydrogen-bond donors (Lipinski definition) is 2. The molecule has 18 heavy (non-hydrogen) atoms. The summed E-state index contributed by atoms with van der Waals surface area (Å²) in [6.07, 6.45) is 0.839. The summed E-state index contributed by atoms with van der Waals surface area (Å²) in [5.74, 6) is 0.185. The first kappa shape index (κ1) is 14.4. The molecular formula is C11H21N5O2. The van der Waals surface area contributed by atoms with Crippen LogP contribution < -0.4 is 22.3 Å². The summed E-state index contributed by atoms with van der Waals surface area (Å²) < 4.78 is 2.17. The predicted molar refractivity (Wildman–Crippen MR) is 70.7 cm³/mol. The Balaban J connectivity index is 2.94. The number of nitrogens with one attached hydrogen (secondary N) is 1. The number of nitrogens with two attached hydrogens (primary N) is 1. The molecule has 0 radical (unpaired) electrons. The van der Waals surface area contributed by atoms with E-state index in [9.17, 15) is 9.59 Å². The molecule has 0 spiro atoms. The van der Waals surface area contributed by atoms with Crippen LogP contribution in [0.25, 0.3) is 0 Å². The van der Waals surface area contributed by atoms with Crippen molar-refractivity contribution in [3.05, 3.63) is 20.8 Å². The zero-order valence-corrected chi connectivity index (χ0v) is 11.4. The van der Waals surface area contributed by atoms with Gasteiger partial charge in [0.2, 0.25) is 5.82 Å². The van der Waals surface area contributed by atoms with Crippen LogP contribution in [0.3, 0.4) is 0 Å². The van der Waals surface area contributed by atoms with E-state index in [1.165, 1.54) is 14.1 Å². The fourth-order valence-corrected chi connectivity index (χ4v) is 1.61. The molecule has 0 saturated carbocycles. The zero-order valence-electron chi connectivity index (χ0n) is 11.4. The third kappa shape index (κ3) is 3.19. The lowest BCUT2D eigenvalue weighted by atomic mass is 9.89. The molecule has 0 aliphatic rings. The average molecular weight is 255 g/mol. The lowest BCUT2D eigenvalue weighted by Crippen LogP contribution is -2.41. The molecule has 0 amide bonds. The van der Waals surface area contributed by atoms with Gasteiger partial charge in [-0.3, -0.25) is 9.36 Å². The van der Waals surface area contributed by atoms with E-state index in [1.54, 1.807) is 0 Å². The fraction of sp³-hybridized carbons (Fsp3) is 0.727. The van der Waals surface area contributed by atoms with Crippen LogP contribution in [-0.4, -0.2) is 27.4 Å². The second kappa shape index (κ2) is 5.34. The predicted octanol–water partition coefficient (Wildman–Crippen LogP) is -0.734. The highest BCUT2D eigenvalue weighted by Crippen LogP contribution is 2.18. The number of aryl methyl sites for hydroxylation is 1. The summed E-state index contributed by atoms with van der Waals surface area (Å²) in [6, 6.07) is 0. The van der Waals surface area contributed by atoms with Crippen molar-refractivity contribution < 1.29 is 0 Å². The third-order valence-corrected chi connectivity index (χ3v) is 2.88. The van der Waals surface area contributed by atoms with Crippen LogP contribution >= 0.6 is 0 Å². The average Bonchev–Trinajstić information content (AvgIpc) is 2.29. The molecule has 1 heterocycles. The molecule has 0 bridgehead atoms. The summed E-state index contributed by atoms with van der Waals surface area (Å²) in [5.41, 5.74) is 4.64. The Bertz CT molecular complexity index is 529. The van der Waals surface area contributed by atoms with Gasteiger partial charge in [-0.2, -0.15) is 0 Å². The van der Waals surface area contributed by atoms with E-state index in [0.29, 0.717) is 13.1 Å². The molecule has 0 aromatic carbocycles. The normalized spacial score (nSPS) is 11.6. The van der Waals surface area contributed by atoms with Crippen molar-refractivity contribution in [1.29, 1.82) is 0 Å². The molecule has 1 rings (SSSR count). The summed E-state index contributed by atoms with van der Waals surface area (Å²) in [4.78, 5) is 23.3. The first-order valence-corrected chi connectivity index (χ1v) is 5.87. The highest BCUT2D eigenvalue weighted by molar-refractivity contribution is 5.29. The minimum atomic E-state index is -0.438. The van der Waals surface area contributed by atoms with Crippen molar-refractivity contribution >= 4 is 5.82 Å². The molecule has 0 saturated heterocycles. The first-order chi connectivity index (χ1) is 8.28. The lowest BCUT2D eigenvalue weighted by molar-refractivity contribution is 0.364. The molecular weight excluding hydrogens is 234 g/mol. The molecule has 0 aliphatic carbocycles. The topological polar surface area (TPSA) is 94.9 Å². The van der Waals surface area contributed by atoms with Gasteiger partial charge in [0, 0.05) is 20.6 Å². The first-order valence-electron chi connectivity index (χ1n) is 5.87. The maximum atomic E-state index is 11.8. The Hall–Kier alpha value is -1.63. The van der Waals surface area contributed by atoms with Gasteiger partial charge in [-0.25, -0.2) is 9.48 Å². The summed E-state index contributed by atoms with van der Waals surface area (Å²) in [6.45, 7) is 5.27. The molecule has 0 fully saturated rings. The van der Waals surface area contributed by atoms with Gasteiger partial charge in [0.05, 0.1) is 0 Å². The van der Waals surface area contributed by atoms with Crippen LogP contribution in [0.15, 0.2) is 9.59 Å². The van der Waals surface area contributed by atoms with Gasteiger partial charge in [-0.1, -0.05) is 13.8 Å². The van der Waals surface area contributed by atoms with Crippen molar-refractivity contribution in [2.75, 3.05) is 18.4 Å². The van der Waals surface area contributed by atoms with E-state index in [2.05, 4.69) is 24.3 Å². The highest BCUT2D eigenvalue weighted by Gasteiger charge is 2.18. The smallest absolute Gasteiger partial charge is 0.346 e. The molecule has 0 unspecified atom stereocenters. The molecule has 102 valence electrons. The van der Waals surface area contributed by atoms with Gasteiger partial charge >= 0.3 is 5.69 Å². The van der Waals surface area contributed by atoms with Crippen molar-refractivity contribution in [3.63, 3.8) is 0 Å². The van der Waals surface area contributed by atoms with Crippen LogP contribution in [0.1, 0.15) is 20.3 Å². The van der Waals surface area contributed by atoms with E-state index in [-0.39, 0.29) is 11.2 Å². The second-order valence-electron chi connectivity index (χ2n) is 5.18. The maximum absolute atomic E-state index is 11.8. The van der Waals surface area contributed by atoms with Crippen molar-refractivity contribution in [2.24, 2.45) is 25.2 Å². The number of anilines is 1. The molecule has 1 aromatic rings. The number of rotatable bonds is 5. The van der Waals surface area contributed by atoms with Gasteiger partial charge < -0.3 is 11.1 Å². The van der Waals surface area contributed by atoms with Gasteiger partial charge in [0.1, 0.15) is 0 Å². The van der Waals surface area contributed by atoms with Crippen molar-refractivity contribution in [3.8, 4) is 0 Å². The highest BCUT2D eigenvalue weighted by atomic mass is 16.2. The molecule has 1 aromatic heterocycles. The Morgan fingerprint density at radius 3 is 2.50 bits per heavy atom. The number of aromatic nitrogens is 3. The van der Waals surface area contributed by atoms with Gasteiger partial charge in [-0.05, 0) is 18.4 Å². The zero-order chi connectivity index (χ0) is 13.9. The molecule has 3 N–H and O–H groups in total. The second-order valence-corrected chi connectivity index (χ2v) is 5.18. The van der Waals surface area contributed by atoms with Crippen LogP contribution in [0.2, 0.25) is 0 Å². The van der Waals surface area contributed by atoms with Gasteiger partial charge in [-0.15, -0.1) is 5.10 Å².